The predicted molar refractivity (Wildman–Crippen MR) is 82.9 cm³/mol. The van der Waals surface area contributed by atoms with E-state index in [9.17, 15) is 0 Å². The number of ether oxygens (including phenoxy) is 1. The summed E-state index contributed by atoms with van der Waals surface area (Å²) >= 11 is 7.64. The Morgan fingerprint density at radius 1 is 1.30 bits per heavy atom. The van der Waals surface area contributed by atoms with Crippen LogP contribution in [-0.2, 0) is 0 Å². The SMILES string of the molecule is CCCNc1ncnc(Sc2ccccc2Cl)c1OC. The van der Waals surface area contributed by atoms with Crippen molar-refractivity contribution in [1.29, 1.82) is 0 Å². The first kappa shape index (κ1) is 14.9. The zero-order valence-electron chi connectivity index (χ0n) is 11.4. The zero-order chi connectivity index (χ0) is 14.4. The topological polar surface area (TPSA) is 47.0 Å². The standard InChI is InChI=1S/C14H16ClN3OS/c1-3-8-16-13-12(19-2)14(18-9-17-13)20-11-7-5-4-6-10(11)15/h4-7,9H,3,8H2,1-2H3,(H,16,17,18). The van der Waals surface area contributed by atoms with Crippen molar-refractivity contribution >= 4 is 29.2 Å². The van der Waals surface area contributed by atoms with Crippen LogP contribution in [0.5, 0.6) is 5.75 Å². The number of aromatic nitrogens is 2. The molecule has 1 heterocycles. The second-order valence-electron chi connectivity index (χ2n) is 4.02. The van der Waals surface area contributed by atoms with Crippen LogP contribution in [0.25, 0.3) is 0 Å². The van der Waals surface area contributed by atoms with E-state index in [1.165, 1.54) is 18.1 Å². The fourth-order valence-electron chi connectivity index (χ4n) is 1.62. The maximum absolute atomic E-state index is 6.17. The van der Waals surface area contributed by atoms with Crippen molar-refractivity contribution in [2.24, 2.45) is 0 Å². The molecule has 2 aromatic rings. The maximum atomic E-state index is 6.17. The summed E-state index contributed by atoms with van der Waals surface area (Å²) < 4.78 is 5.43. The van der Waals surface area contributed by atoms with Crippen LogP contribution in [-0.4, -0.2) is 23.6 Å². The highest BCUT2D eigenvalue weighted by Crippen LogP contribution is 2.39. The predicted octanol–water partition coefficient (Wildman–Crippen LogP) is 4.11. The highest BCUT2D eigenvalue weighted by atomic mass is 35.5. The Balaban J connectivity index is 2.29. The van der Waals surface area contributed by atoms with Gasteiger partial charge in [-0.25, -0.2) is 9.97 Å². The van der Waals surface area contributed by atoms with Crippen LogP contribution in [0.3, 0.4) is 0 Å². The summed E-state index contributed by atoms with van der Waals surface area (Å²) in [6, 6.07) is 7.65. The summed E-state index contributed by atoms with van der Waals surface area (Å²) in [7, 11) is 1.62. The molecule has 0 aliphatic carbocycles. The fraction of sp³-hybridized carbons (Fsp3) is 0.286. The third kappa shape index (κ3) is 3.55. The fourth-order valence-corrected chi connectivity index (χ4v) is 2.76. The minimum atomic E-state index is 0.644. The van der Waals surface area contributed by atoms with Crippen molar-refractivity contribution < 1.29 is 4.74 Å². The summed E-state index contributed by atoms with van der Waals surface area (Å²) in [6.07, 6.45) is 2.54. The van der Waals surface area contributed by atoms with Crippen molar-refractivity contribution in [1.82, 2.24) is 9.97 Å². The van der Waals surface area contributed by atoms with Crippen LogP contribution in [0.15, 0.2) is 40.5 Å². The summed E-state index contributed by atoms with van der Waals surface area (Å²) in [5.41, 5.74) is 0. The summed E-state index contributed by atoms with van der Waals surface area (Å²) in [5, 5.41) is 4.67. The Bertz CT molecular complexity index is 580. The molecule has 1 N–H and O–H groups in total. The molecule has 6 heteroatoms. The van der Waals surface area contributed by atoms with Crippen molar-refractivity contribution in [2.75, 3.05) is 19.0 Å². The van der Waals surface area contributed by atoms with Crippen LogP contribution in [0.2, 0.25) is 5.02 Å². The van der Waals surface area contributed by atoms with Crippen molar-refractivity contribution in [3.05, 3.63) is 35.6 Å². The molecule has 0 unspecified atom stereocenters. The van der Waals surface area contributed by atoms with Gasteiger partial charge in [0.25, 0.3) is 0 Å². The highest BCUT2D eigenvalue weighted by molar-refractivity contribution is 7.99. The number of anilines is 1. The van der Waals surface area contributed by atoms with Crippen molar-refractivity contribution in [3.8, 4) is 5.75 Å². The van der Waals surface area contributed by atoms with Gasteiger partial charge in [0.15, 0.2) is 11.6 Å². The molecule has 0 spiro atoms. The van der Waals surface area contributed by atoms with E-state index in [2.05, 4.69) is 22.2 Å². The van der Waals surface area contributed by atoms with Gasteiger partial charge in [0.2, 0.25) is 0 Å². The molecule has 1 aromatic heterocycles. The van der Waals surface area contributed by atoms with Gasteiger partial charge in [0, 0.05) is 11.4 Å². The highest BCUT2D eigenvalue weighted by Gasteiger charge is 2.14. The van der Waals surface area contributed by atoms with E-state index in [-0.39, 0.29) is 0 Å². The number of hydrogen-bond donors (Lipinski definition) is 1. The molecule has 0 saturated carbocycles. The van der Waals surface area contributed by atoms with E-state index in [0.29, 0.717) is 16.6 Å². The van der Waals surface area contributed by atoms with Gasteiger partial charge >= 0.3 is 0 Å². The zero-order valence-corrected chi connectivity index (χ0v) is 13.0. The molecule has 0 fully saturated rings. The van der Waals surface area contributed by atoms with E-state index in [0.717, 1.165) is 22.9 Å². The lowest BCUT2D eigenvalue weighted by Crippen LogP contribution is -2.05. The second-order valence-corrected chi connectivity index (χ2v) is 5.46. The number of rotatable bonds is 6. The molecule has 0 bridgehead atoms. The van der Waals surface area contributed by atoms with Gasteiger partial charge in [-0.2, -0.15) is 0 Å². The van der Waals surface area contributed by atoms with Crippen LogP contribution in [0, 0.1) is 0 Å². The third-order valence-electron chi connectivity index (χ3n) is 2.56. The molecule has 0 amide bonds. The molecule has 106 valence electrons. The van der Waals surface area contributed by atoms with Crippen LogP contribution < -0.4 is 10.1 Å². The van der Waals surface area contributed by atoms with Gasteiger partial charge in [0.1, 0.15) is 11.4 Å². The monoisotopic (exact) mass is 309 g/mol. The Kier molecular flexibility index (Phi) is 5.49. The Labute approximate surface area is 127 Å². The smallest absolute Gasteiger partial charge is 0.194 e. The quantitative estimate of drug-likeness (QED) is 0.814. The number of methoxy groups -OCH3 is 1. The van der Waals surface area contributed by atoms with E-state index >= 15 is 0 Å². The number of nitrogens with zero attached hydrogens (tertiary/aromatic N) is 2. The lowest BCUT2D eigenvalue weighted by atomic mass is 10.4. The Hall–Kier alpha value is -1.46. The Morgan fingerprint density at radius 3 is 2.80 bits per heavy atom. The molecular formula is C14H16ClN3OS. The largest absolute Gasteiger partial charge is 0.490 e. The number of hydrogen-bond acceptors (Lipinski definition) is 5. The van der Waals surface area contributed by atoms with Gasteiger partial charge in [-0.1, -0.05) is 42.4 Å². The van der Waals surface area contributed by atoms with Gasteiger partial charge in [-0.05, 0) is 18.6 Å². The molecule has 20 heavy (non-hydrogen) atoms. The molecule has 0 saturated heterocycles. The minimum absolute atomic E-state index is 0.644. The lowest BCUT2D eigenvalue weighted by molar-refractivity contribution is 0.400. The maximum Gasteiger partial charge on any atom is 0.194 e. The van der Waals surface area contributed by atoms with Gasteiger partial charge in [-0.3, -0.25) is 0 Å². The summed E-state index contributed by atoms with van der Waals surface area (Å²) in [6.45, 7) is 2.93. The third-order valence-corrected chi connectivity index (χ3v) is 4.06. The van der Waals surface area contributed by atoms with E-state index in [1.807, 2.05) is 24.3 Å². The molecule has 0 atom stereocenters. The van der Waals surface area contributed by atoms with Crippen LogP contribution in [0.1, 0.15) is 13.3 Å². The summed E-state index contributed by atoms with van der Waals surface area (Å²) in [5.74, 6) is 1.35. The van der Waals surface area contributed by atoms with Gasteiger partial charge in [-0.15, -0.1) is 0 Å². The minimum Gasteiger partial charge on any atom is -0.490 e. The second kappa shape index (κ2) is 7.36. The molecule has 0 radical (unpaired) electrons. The van der Waals surface area contributed by atoms with E-state index in [4.69, 9.17) is 16.3 Å². The van der Waals surface area contributed by atoms with Crippen LogP contribution >= 0.6 is 23.4 Å². The Morgan fingerprint density at radius 2 is 2.10 bits per heavy atom. The molecule has 1 aromatic carbocycles. The van der Waals surface area contributed by atoms with Crippen molar-refractivity contribution in [2.45, 2.75) is 23.3 Å². The van der Waals surface area contributed by atoms with Crippen LogP contribution in [0.4, 0.5) is 5.82 Å². The molecule has 0 aliphatic heterocycles. The molecule has 4 nitrogen and oxygen atoms in total. The van der Waals surface area contributed by atoms with Gasteiger partial charge < -0.3 is 10.1 Å². The van der Waals surface area contributed by atoms with E-state index < -0.39 is 0 Å². The number of nitrogens with one attached hydrogen (secondary N) is 1. The summed E-state index contributed by atoms with van der Waals surface area (Å²) in [4.78, 5) is 9.44. The van der Waals surface area contributed by atoms with Gasteiger partial charge in [0.05, 0.1) is 12.1 Å². The average Bonchev–Trinajstić information content (AvgIpc) is 2.47. The van der Waals surface area contributed by atoms with Crippen molar-refractivity contribution in [3.63, 3.8) is 0 Å². The average molecular weight is 310 g/mol. The number of halogens is 1. The normalized spacial score (nSPS) is 10.3. The molecule has 0 aliphatic rings. The molecular weight excluding hydrogens is 294 g/mol. The molecule has 2 rings (SSSR count). The van der Waals surface area contributed by atoms with E-state index in [1.54, 1.807) is 7.11 Å². The first-order valence-electron chi connectivity index (χ1n) is 6.31. The lowest BCUT2D eigenvalue weighted by Gasteiger charge is -2.12. The first-order valence-corrected chi connectivity index (χ1v) is 7.51. The first-order chi connectivity index (χ1) is 9.76. The number of benzene rings is 1.